The molecule has 1 aromatic carbocycles. The van der Waals surface area contributed by atoms with Gasteiger partial charge in [-0.15, -0.1) is 0 Å². The van der Waals surface area contributed by atoms with Gasteiger partial charge >= 0.3 is 0 Å². The second kappa shape index (κ2) is 3.38. The standard InChI is InChI=1S/C10H9N3O/c11-6-7-2-1-3-8-10(7)13-9(14)4-5-12-8/h1-3,12H,4-5H2,(H,13,14). The van der Waals surface area contributed by atoms with Gasteiger partial charge in [-0.3, -0.25) is 4.79 Å². The summed E-state index contributed by atoms with van der Waals surface area (Å²) in [6.07, 6.45) is 0.430. The van der Waals surface area contributed by atoms with E-state index in [0.717, 1.165) is 5.69 Å². The van der Waals surface area contributed by atoms with Gasteiger partial charge in [0.15, 0.2) is 0 Å². The zero-order valence-corrected chi connectivity index (χ0v) is 7.50. The van der Waals surface area contributed by atoms with E-state index >= 15 is 0 Å². The molecule has 0 spiro atoms. The van der Waals surface area contributed by atoms with E-state index in [0.29, 0.717) is 24.2 Å². The van der Waals surface area contributed by atoms with Gasteiger partial charge in [0.2, 0.25) is 5.91 Å². The first-order chi connectivity index (χ1) is 6.81. The minimum absolute atomic E-state index is 0.0565. The van der Waals surface area contributed by atoms with Crippen LogP contribution in [0.15, 0.2) is 18.2 Å². The first-order valence-electron chi connectivity index (χ1n) is 4.38. The van der Waals surface area contributed by atoms with Crippen molar-refractivity contribution in [2.45, 2.75) is 6.42 Å². The van der Waals surface area contributed by atoms with Crippen LogP contribution in [0.5, 0.6) is 0 Å². The van der Waals surface area contributed by atoms with E-state index in [-0.39, 0.29) is 5.91 Å². The number of carbonyl (C=O) groups excluding carboxylic acids is 1. The molecule has 2 N–H and O–H groups in total. The highest BCUT2D eigenvalue weighted by atomic mass is 16.1. The Balaban J connectivity index is 2.51. The van der Waals surface area contributed by atoms with Gasteiger partial charge in [0.05, 0.1) is 16.9 Å². The lowest BCUT2D eigenvalue weighted by atomic mass is 10.1. The Morgan fingerprint density at radius 2 is 2.29 bits per heavy atom. The Labute approximate surface area is 81.5 Å². The Morgan fingerprint density at radius 3 is 3.07 bits per heavy atom. The van der Waals surface area contributed by atoms with E-state index in [9.17, 15) is 4.79 Å². The molecule has 0 unspecified atom stereocenters. The van der Waals surface area contributed by atoms with Gasteiger partial charge in [-0.05, 0) is 12.1 Å². The van der Waals surface area contributed by atoms with Crippen molar-refractivity contribution < 1.29 is 4.79 Å². The molecular weight excluding hydrogens is 178 g/mol. The first-order valence-corrected chi connectivity index (χ1v) is 4.38. The van der Waals surface area contributed by atoms with Crippen molar-refractivity contribution in [1.82, 2.24) is 0 Å². The van der Waals surface area contributed by atoms with E-state index < -0.39 is 0 Å². The molecule has 1 aliphatic rings. The van der Waals surface area contributed by atoms with Crippen molar-refractivity contribution in [3.05, 3.63) is 23.8 Å². The van der Waals surface area contributed by atoms with Crippen LogP contribution in [0.2, 0.25) is 0 Å². The Hall–Kier alpha value is -2.02. The minimum atomic E-state index is -0.0565. The summed E-state index contributed by atoms with van der Waals surface area (Å²) < 4.78 is 0. The third-order valence-electron chi connectivity index (χ3n) is 2.12. The molecule has 4 nitrogen and oxygen atoms in total. The summed E-state index contributed by atoms with van der Waals surface area (Å²) >= 11 is 0. The average Bonchev–Trinajstić information content (AvgIpc) is 2.38. The molecule has 4 heteroatoms. The molecule has 0 saturated heterocycles. The normalized spacial score (nSPS) is 14.4. The third-order valence-corrected chi connectivity index (χ3v) is 2.12. The SMILES string of the molecule is N#Cc1cccc2c1NC(=O)CCN2. The third kappa shape index (κ3) is 1.40. The number of hydrogen-bond acceptors (Lipinski definition) is 3. The number of anilines is 2. The van der Waals surface area contributed by atoms with Crippen LogP contribution in [0.4, 0.5) is 11.4 Å². The summed E-state index contributed by atoms with van der Waals surface area (Å²) in [5.41, 5.74) is 1.90. The van der Waals surface area contributed by atoms with Crippen molar-refractivity contribution in [2.75, 3.05) is 17.2 Å². The predicted molar refractivity (Wildman–Crippen MR) is 52.9 cm³/mol. The van der Waals surface area contributed by atoms with Gasteiger partial charge in [0.1, 0.15) is 6.07 Å². The van der Waals surface area contributed by atoms with Crippen molar-refractivity contribution in [3.8, 4) is 6.07 Å². The maximum Gasteiger partial charge on any atom is 0.226 e. The molecule has 0 fully saturated rings. The van der Waals surface area contributed by atoms with Crippen LogP contribution < -0.4 is 10.6 Å². The average molecular weight is 187 g/mol. The molecule has 0 saturated carbocycles. The molecular formula is C10H9N3O. The molecule has 0 atom stereocenters. The van der Waals surface area contributed by atoms with Gasteiger partial charge in [-0.2, -0.15) is 5.26 Å². The summed E-state index contributed by atoms with van der Waals surface area (Å²) in [5.74, 6) is -0.0565. The monoisotopic (exact) mass is 187 g/mol. The van der Waals surface area contributed by atoms with Crippen LogP contribution in [0.1, 0.15) is 12.0 Å². The fourth-order valence-electron chi connectivity index (χ4n) is 1.44. The van der Waals surface area contributed by atoms with Gasteiger partial charge < -0.3 is 10.6 Å². The number of rotatable bonds is 0. The molecule has 1 aliphatic heterocycles. The summed E-state index contributed by atoms with van der Waals surface area (Å²) in [4.78, 5) is 11.3. The van der Waals surface area contributed by atoms with Crippen LogP contribution in [0.3, 0.4) is 0 Å². The number of amides is 1. The quantitative estimate of drug-likeness (QED) is 0.643. The molecule has 0 aliphatic carbocycles. The Bertz CT molecular complexity index is 420. The molecule has 0 radical (unpaired) electrons. The van der Waals surface area contributed by atoms with Gasteiger partial charge in [0.25, 0.3) is 0 Å². The number of nitrogens with one attached hydrogen (secondary N) is 2. The molecule has 0 bridgehead atoms. The Morgan fingerprint density at radius 1 is 1.43 bits per heavy atom. The van der Waals surface area contributed by atoms with Crippen molar-refractivity contribution in [1.29, 1.82) is 5.26 Å². The lowest BCUT2D eigenvalue weighted by molar-refractivity contribution is -0.115. The smallest absolute Gasteiger partial charge is 0.226 e. The maximum atomic E-state index is 11.3. The predicted octanol–water partition coefficient (Wildman–Crippen LogP) is 1.31. The molecule has 2 rings (SSSR count). The highest BCUT2D eigenvalue weighted by molar-refractivity contribution is 5.97. The molecule has 1 amide bonds. The van der Waals surface area contributed by atoms with Crippen LogP contribution in [0, 0.1) is 11.3 Å². The van der Waals surface area contributed by atoms with Crippen LogP contribution in [0.25, 0.3) is 0 Å². The van der Waals surface area contributed by atoms with Gasteiger partial charge in [-0.1, -0.05) is 6.07 Å². The number of para-hydroxylation sites is 1. The number of benzene rings is 1. The summed E-state index contributed by atoms with van der Waals surface area (Å²) in [7, 11) is 0. The zero-order chi connectivity index (χ0) is 9.97. The number of nitriles is 1. The van der Waals surface area contributed by atoms with E-state index in [1.54, 1.807) is 12.1 Å². The van der Waals surface area contributed by atoms with Crippen LogP contribution in [-0.2, 0) is 4.79 Å². The number of hydrogen-bond donors (Lipinski definition) is 2. The summed E-state index contributed by atoms with van der Waals surface area (Å²) in [6, 6.07) is 7.38. The van der Waals surface area contributed by atoms with Crippen LogP contribution >= 0.6 is 0 Å². The summed E-state index contributed by atoms with van der Waals surface area (Å²) in [5, 5.41) is 14.7. The second-order valence-electron chi connectivity index (χ2n) is 3.06. The van der Waals surface area contributed by atoms with E-state index in [2.05, 4.69) is 10.6 Å². The lowest BCUT2D eigenvalue weighted by Crippen LogP contribution is -2.11. The van der Waals surface area contributed by atoms with Crippen molar-refractivity contribution in [2.24, 2.45) is 0 Å². The van der Waals surface area contributed by atoms with E-state index in [1.165, 1.54) is 0 Å². The molecule has 70 valence electrons. The van der Waals surface area contributed by atoms with Crippen molar-refractivity contribution >= 4 is 17.3 Å². The maximum absolute atomic E-state index is 11.3. The molecule has 0 aromatic heterocycles. The van der Waals surface area contributed by atoms with Crippen LogP contribution in [-0.4, -0.2) is 12.5 Å². The highest BCUT2D eigenvalue weighted by Crippen LogP contribution is 2.27. The highest BCUT2D eigenvalue weighted by Gasteiger charge is 2.14. The zero-order valence-electron chi connectivity index (χ0n) is 7.50. The van der Waals surface area contributed by atoms with E-state index in [1.807, 2.05) is 12.1 Å². The lowest BCUT2D eigenvalue weighted by Gasteiger charge is -2.08. The van der Waals surface area contributed by atoms with E-state index in [4.69, 9.17) is 5.26 Å². The van der Waals surface area contributed by atoms with Gasteiger partial charge in [-0.25, -0.2) is 0 Å². The molecule has 14 heavy (non-hydrogen) atoms. The molecule has 1 heterocycles. The number of fused-ring (bicyclic) bond motifs is 1. The number of carbonyl (C=O) groups is 1. The fraction of sp³-hybridized carbons (Fsp3) is 0.200. The topological polar surface area (TPSA) is 64.9 Å². The van der Waals surface area contributed by atoms with Crippen molar-refractivity contribution in [3.63, 3.8) is 0 Å². The minimum Gasteiger partial charge on any atom is -0.383 e. The summed E-state index contributed by atoms with van der Waals surface area (Å²) in [6.45, 7) is 0.605. The first kappa shape index (κ1) is 8.57. The second-order valence-corrected chi connectivity index (χ2v) is 3.06. The number of nitrogens with zero attached hydrogens (tertiary/aromatic N) is 1. The largest absolute Gasteiger partial charge is 0.383 e. The molecule has 1 aromatic rings. The fourth-order valence-corrected chi connectivity index (χ4v) is 1.44. The Kier molecular flexibility index (Phi) is 2.07. The van der Waals surface area contributed by atoms with Gasteiger partial charge in [0, 0.05) is 13.0 Å².